The van der Waals surface area contributed by atoms with Gasteiger partial charge in [0.05, 0.1) is 21.5 Å². The molecule has 1 N–H and O–H groups in total. The number of aromatic nitrogens is 3. The van der Waals surface area contributed by atoms with Crippen molar-refractivity contribution in [2.24, 2.45) is 0 Å². The number of carbonyl (C=O) groups excluding carboxylic acids is 1. The molecule has 0 aliphatic rings. The van der Waals surface area contributed by atoms with E-state index in [0.717, 1.165) is 27.3 Å². The molecule has 136 valence electrons. The number of hydrogen-bond acceptors (Lipinski definition) is 4. The second-order valence-corrected chi connectivity index (χ2v) is 8.02. The van der Waals surface area contributed by atoms with E-state index < -0.39 is 0 Å². The third-order valence-electron chi connectivity index (χ3n) is 4.07. The van der Waals surface area contributed by atoms with Gasteiger partial charge in [0.15, 0.2) is 5.82 Å². The molecule has 0 unspecified atom stereocenters. The highest BCUT2D eigenvalue weighted by atomic mass is 79.9. The SMILES string of the molecule is Cc1nn(-c2ccc(C(=O)Nc3cc(C(C)(C)C)on3)cc2)c(C)c1Br. The summed E-state index contributed by atoms with van der Waals surface area (Å²) in [5, 5.41) is 11.2. The summed E-state index contributed by atoms with van der Waals surface area (Å²) in [4.78, 5) is 12.4. The van der Waals surface area contributed by atoms with Crippen LogP contribution in [-0.2, 0) is 5.41 Å². The normalized spacial score (nSPS) is 11.6. The van der Waals surface area contributed by atoms with Gasteiger partial charge in [0.2, 0.25) is 0 Å². The zero-order valence-corrected chi connectivity index (χ0v) is 17.0. The molecule has 0 aliphatic heterocycles. The lowest BCUT2D eigenvalue weighted by Crippen LogP contribution is -2.12. The number of halogens is 1. The molecular weight excluding hydrogens is 396 g/mol. The number of amides is 1. The Morgan fingerprint density at radius 1 is 1.19 bits per heavy atom. The van der Waals surface area contributed by atoms with Crippen LogP contribution in [0.5, 0.6) is 0 Å². The highest BCUT2D eigenvalue weighted by Gasteiger charge is 2.20. The minimum Gasteiger partial charge on any atom is -0.359 e. The van der Waals surface area contributed by atoms with Crippen molar-refractivity contribution in [3.8, 4) is 5.69 Å². The van der Waals surface area contributed by atoms with Crippen molar-refractivity contribution >= 4 is 27.7 Å². The topological polar surface area (TPSA) is 73.0 Å². The third-order valence-corrected chi connectivity index (χ3v) is 5.22. The van der Waals surface area contributed by atoms with Gasteiger partial charge in [-0.25, -0.2) is 4.68 Å². The molecule has 0 bridgehead atoms. The predicted octanol–water partition coefficient (Wildman–Crippen LogP) is 4.79. The van der Waals surface area contributed by atoms with E-state index in [1.807, 2.05) is 51.4 Å². The fraction of sp³-hybridized carbons (Fsp3) is 0.316. The molecule has 0 atom stereocenters. The molecule has 2 aromatic heterocycles. The minimum absolute atomic E-state index is 0.161. The number of aryl methyl sites for hydroxylation is 1. The summed E-state index contributed by atoms with van der Waals surface area (Å²) in [5.41, 5.74) is 3.20. The molecular formula is C19H21BrN4O2. The fourth-order valence-electron chi connectivity index (χ4n) is 2.51. The van der Waals surface area contributed by atoms with Crippen molar-refractivity contribution < 1.29 is 9.32 Å². The Kier molecular flexibility index (Phi) is 4.75. The van der Waals surface area contributed by atoms with Gasteiger partial charge < -0.3 is 9.84 Å². The number of nitrogens with one attached hydrogen (secondary N) is 1. The molecule has 3 aromatic rings. The van der Waals surface area contributed by atoms with Crippen molar-refractivity contribution in [1.82, 2.24) is 14.9 Å². The molecule has 0 saturated heterocycles. The van der Waals surface area contributed by atoms with Gasteiger partial charge in [-0.1, -0.05) is 25.9 Å². The van der Waals surface area contributed by atoms with Gasteiger partial charge >= 0.3 is 0 Å². The van der Waals surface area contributed by atoms with Crippen molar-refractivity contribution in [3.05, 3.63) is 57.5 Å². The van der Waals surface area contributed by atoms with Crippen LogP contribution >= 0.6 is 15.9 Å². The molecule has 26 heavy (non-hydrogen) atoms. The maximum atomic E-state index is 12.4. The lowest BCUT2D eigenvalue weighted by Gasteiger charge is -2.12. The Morgan fingerprint density at radius 3 is 2.35 bits per heavy atom. The van der Waals surface area contributed by atoms with Crippen LogP contribution < -0.4 is 5.32 Å². The summed E-state index contributed by atoms with van der Waals surface area (Å²) in [6, 6.07) is 9.01. The number of hydrogen-bond donors (Lipinski definition) is 1. The number of nitrogens with zero attached hydrogens (tertiary/aromatic N) is 3. The molecule has 0 spiro atoms. The number of rotatable bonds is 3. The van der Waals surface area contributed by atoms with E-state index in [1.165, 1.54) is 0 Å². The Balaban J connectivity index is 1.77. The first-order valence-electron chi connectivity index (χ1n) is 8.27. The van der Waals surface area contributed by atoms with Crippen LogP contribution in [0.3, 0.4) is 0 Å². The van der Waals surface area contributed by atoms with E-state index in [2.05, 4.69) is 31.5 Å². The highest BCUT2D eigenvalue weighted by molar-refractivity contribution is 9.10. The summed E-state index contributed by atoms with van der Waals surface area (Å²) in [6.45, 7) is 10.0. The summed E-state index contributed by atoms with van der Waals surface area (Å²) in [7, 11) is 0. The number of carbonyl (C=O) groups is 1. The first-order valence-corrected chi connectivity index (χ1v) is 9.07. The largest absolute Gasteiger partial charge is 0.359 e. The number of benzene rings is 1. The second kappa shape index (κ2) is 6.72. The van der Waals surface area contributed by atoms with Crippen LogP contribution in [-0.4, -0.2) is 20.8 Å². The van der Waals surface area contributed by atoms with Crippen LogP contribution in [0.2, 0.25) is 0 Å². The Morgan fingerprint density at radius 2 is 1.85 bits per heavy atom. The lowest BCUT2D eigenvalue weighted by atomic mass is 9.93. The van der Waals surface area contributed by atoms with E-state index >= 15 is 0 Å². The van der Waals surface area contributed by atoms with Gasteiger partial charge in [-0.05, 0) is 54.0 Å². The van der Waals surface area contributed by atoms with Gasteiger partial charge in [-0.2, -0.15) is 5.10 Å². The van der Waals surface area contributed by atoms with Crippen molar-refractivity contribution in [2.45, 2.75) is 40.0 Å². The molecule has 6 nitrogen and oxygen atoms in total. The Bertz CT molecular complexity index is 949. The zero-order chi connectivity index (χ0) is 19.1. The predicted molar refractivity (Wildman–Crippen MR) is 104 cm³/mol. The Labute approximate surface area is 160 Å². The van der Waals surface area contributed by atoms with E-state index in [9.17, 15) is 4.79 Å². The molecule has 2 heterocycles. The van der Waals surface area contributed by atoms with E-state index in [-0.39, 0.29) is 11.3 Å². The van der Waals surface area contributed by atoms with Crippen LogP contribution in [0.15, 0.2) is 39.3 Å². The van der Waals surface area contributed by atoms with Crippen molar-refractivity contribution in [2.75, 3.05) is 5.32 Å². The summed E-state index contributed by atoms with van der Waals surface area (Å²) in [6.07, 6.45) is 0. The maximum absolute atomic E-state index is 12.4. The third kappa shape index (κ3) is 3.58. The van der Waals surface area contributed by atoms with Crippen molar-refractivity contribution in [3.63, 3.8) is 0 Å². The lowest BCUT2D eigenvalue weighted by molar-refractivity contribution is 0.102. The fourth-order valence-corrected chi connectivity index (χ4v) is 2.75. The molecule has 1 amide bonds. The molecule has 0 fully saturated rings. The monoisotopic (exact) mass is 416 g/mol. The first kappa shape index (κ1) is 18.4. The van der Waals surface area contributed by atoms with Gasteiger partial charge in [-0.15, -0.1) is 0 Å². The smallest absolute Gasteiger partial charge is 0.256 e. The summed E-state index contributed by atoms with van der Waals surface area (Å²) < 4.78 is 8.12. The first-order chi connectivity index (χ1) is 12.2. The standard InChI is InChI=1S/C19H21BrN4O2/c1-11-17(20)12(2)24(22-11)14-8-6-13(7-9-14)18(25)21-16-10-15(26-23-16)19(3,4)5/h6-10H,1-5H3,(H,21,23,25). The average molecular weight is 417 g/mol. The Hall–Kier alpha value is -2.41. The van der Waals surface area contributed by atoms with Crippen LogP contribution in [0.4, 0.5) is 5.82 Å². The number of anilines is 1. The molecule has 0 saturated carbocycles. The van der Waals surface area contributed by atoms with E-state index in [0.29, 0.717) is 11.4 Å². The van der Waals surface area contributed by atoms with Gasteiger partial charge in [0, 0.05) is 17.0 Å². The summed E-state index contributed by atoms with van der Waals surface area (Å²) >= 11 is 3.52. The summed E-state index contributed by atoms with van der Waals surface area (Å²) in [5.74, 6) is 0.893. The second-order valence-electron chi connectivity index (χ2n) is 7.22. The van der Waals surface area contributed by atoms with Crippen LogP contribution in [0, 0.1) is 13.8 Å². The minimum atomic E-state index is -0.236. The molecule has 1 aromatic carbocycles. The molecule has 0 radical (unpaired) electrons. The van der Waals surface area contributed by atoms with Crippen molar-refractivity contribution in [1.29, 1.82) is 0 Å². The van der Waals surface area contributed by atoms with Gasteiger partial charge in [-0.3, -0.25) is 4.79 Å². The van der Waals surface area contributed by atoms with Crippen LogP contribution in [0.25, 0.3) is 5.69 Å². The average Bonchev–Trinajstić information content (AvgIpc) is 3.15. The van der Waals surface area contributed by atoms with E-state index in [1.54, 1.807) is 18.2 Å². The van der Waals surface area contributed by atoms with Gasteiger partial charge in [0.1, 0.15) is 5.76 Å². The maximum Gasteiger partial charge on any atom is 0.256 e. The van der Waals surface area contributed by atoms with Crippen LogP contribution in [0.1, 0.15) is 48.3 Å². The van der Waals surface area contributed by atoms with E-state index in [4.69, 9.17) is 4.52 Å². The van der Waals surface area contributed by atoms with Gasteiger partial charge in [0.25, 0.3) is 5.91 Å². The molecule has 3 rings (SSSR count). The highest BCUT2D eigenvalue weighted by Crippen LogP contribution is 2.25. The zero-order valence-electron chi connectivity index (χ0n) is 15.4. The molecule has 7 heteroatoms. The quantitative estimate of drug-likeness (QED) is 0.665. The molecule has 0 aliphatic carbocycles.